The monoisotopic (exact) mass is 323 g/mol. The Balaban J connectivity index is 1.82. The van der Waals surface area contributed by atoms with E-state index in [4.69, 9.17) is 11.6 Å². The number of hydrazone groups is 1. The number of nitrogens with one attached hydrogen (secondary N) is 1. The minimum absolute atomic E-state index is 0.570. The first-order valence-electron chi connectivity index (χ1n) is 7.04. The second kappa shape index (κ2) is 6.98. The van der Waals surface area contributed by atoms with Crippen LogP contribution in [0.3, 0.4) is 0 Å². The molecule has 3 rings (SSSR count). The van der Waals surface area contributed by atoms with Gasteiger partial charge < -0.3 is 0 Å². The molecule has 0 saturated heterocycles. The molecule has 0 aliphatic heterocycles. The number of hydrogen-bond donors (Lipinski definition) is 1. The maximum atomic E-state index is 5.95. The highest BCUT2D eigenvalue weighted by atomic mass is 35.5. The van der Waals surface area contributed by atoms with Gasteiger partial charge >= 0.3 is 0 Å². The van der Waals surface area contributed by atoms with Gasteiger partial charge in [-0.1, -0.05) is 48.0 Å². The van der Waals surface area contributed by atoms with Crippen LogP contribution in [0.1, 0.15) is 12.6 Å². The molecule has 2 aromatic carbocycles. The summed E-state index contributed by atoms with van der Waals surface area (Å²) >= 11 is 5.95. The minimum atomic E-state index is 0.570. The van der Waals surface area contributed by atoms with Gasteiger partial charge in [0.1, 0.15) is 5.69 Å². The molecule has 0 unspecified atom stereocenters. The molecule has 1 N–H and O–H groups in total. The van der Waals surface area contributed by atoms with E-state index in [2.05, 4.69) is 25.7 Å². The van der Waals surface area contributed by atoms with Gasteiger partial charge in [-0.25, -0.2) is 4.98 Å². The van der Waals surface area contributed by atoms with E-state index in [0.717, 1.165) is 11.3 Å². The molecule has 0 aliphatic carbocycles. The van der Waals surface area contributed by atoms with Crippen LogP contribution in [-0.4, -0.2) is 20.9 Å². The third kappa shape index (κ3) is 3.90. The summed E-state index contributed by atoms with van der Waals surface area (Å²) in [4.78, 5) is 4.50. The zero-order valence-corrected chi connectivity index (χ0v) is 13.2. The molecule has 1 aromatic heterocycles. The molecule has 3 aromatic rings. The predicted molar refractivity (Wildman–Crippen MR) is 92.5 cm³/mol. The molecule has 0 amide bonds. The summed E-state index contributed by atoms with van der Waals surface area (Å²) in [5, 5.41) is 13.0. The summed E-state index contributed by atoms with van der Waals surface area (Å²) in [5.74, 6) is 0.570. The van der Waals surface area contributed by atoms with Gasteiger partial charge in [0, 0.05) is 10.6 Å². The second-order valence-electron chi connectivity index (χ2n) is 4.85. The molecule has 1 heterocycles. The van der Waals surface area contributed by atoms with Crippen molar-refractivity contribution in [1.82, 2.24) is 15.2 Å². The highest BCUT2D eigenvalue weighted by Crippen LogP contribution is 2.15. The number of halogens is 1. The quantitative estimate of drug-likeness (QED) is 0.581. The van der Waals surface area contributed by atoms with Gasteiger partial charge in [0.05, 0.1) is 17.6 Å². The zero-order valence-electron chi connectivity index (χ0n) is 12.4. The first kappa shape index (κ1) is 15.1. The van der Waals surface area contributed by atoms with Crippen LogP contribution >= 0.6 is 11.6 Å². The van der Waals surface area contributed by atoms with Gasteiger partial charge in [-0.2, -0.15) is 10.2 Å². The number of anilines is 1. The zero-order chi connectivity index (χ0) is 16.1. The first-order valence-corrected chi connectivity index (χ1v) is 7.41. The van der Waals surface area contributed by atoms with Gasteiger partial charge in [-0.15, -0.1) is 5.10 Å². The van der Waals surface area contributed by atoms with Gasteiger partial charge in [-0.05, 0) is 25.1 Å². The van der Waals surface area contributed by atoms with E-state index in [0.29, 0.717) is 22.3 Å². The lowest BCUT2D eigenvalue weighted by molar-refractivity contribution is 0.970. The van der Waals surface area contributed by atoms with Crippen LogP contribution in [0.2, 0.25) is 5.02 Å². The Hall–Kier alpha value is -2.79. The normalized spacial score (nSPS) is 11.3. The van der Waals surface area contributed by atoms with Crippen LogP contribution in [0.4, 0.5) is 5.69 Å². The number of nitrogens with zero attached hydrogens (tertiary/aromatic N) is 4. The van der Waals surface area contributed by atoms with E-state index in [1.807, 2.05) is 55.5 Å². The molecule has 0 bridgehead atoms. The average Bonchev–Trinajstić information content (AvgIpc) is 2.61. The van der Waals surface area contributed by atoms with Gasteiger partial charge in [-0.3, -0.25) is 5.43 Å². The van der Waals surface area contributed by atoms with Crippen molar-refractivity contribution in [2.75, 3.05) is 5.43 Å². The highest BCUT2D eigenvalue weighted by molar-refractivity contribution is 6.30. The molecule has 5 nitrogen and oxygen atoms in total. The lowest BCUT2D eigenvalue weighted by Crippen LogP contribution is -2.05. The number of hydrogen-bond acceptors (Lipinski definition) is 5. The number of aromatic nitrogens is 3. The fourth-order valence-electron chi connectivity index (χ4n) is 1.95. The van der Waals surface area contributed by atoms with Crippen LogP contribution in [0, 0.1) is 0 Å². The third-order valence-corrected chi connectivity index (χ3v) is 3.37. The molecule has 0 aliphatic rings. The summed E-state index contributed by atoms with van der Waals surface area (Å²) in [6.45, 7) is 1.86. The van der Waals surface area contributed by atoms with E-state index in [9.17, 15) is 0 Å². The van der Waals surface area contributed by atoms with E-state index in [-0.39, 0.29) is 0 Å². The lowest BCUT2D eigenvalue weighted by Gasteiger charge is -2.04. The van der Waals surface area contributed by atoms with Crippen molar-refractivity contribution < 1.29 is 0 Å². The van der Waals surface area contributed by atoms with Crippen LogP contribution in [0.25, 0.3) is 11.4 Å². The average molecular weight is 324 g/mol. The molecule has 23 heavy (non-hydrogen) atoms. The SMILES string of the molecule is CC(=NNc1cccc(Cl)c1)c1cnnc(-c2ccccc2)n1. The molecule has 6 heteroatoms. The Morgan fingerprint density at radius 2 is 1.91 bits per heavy atom. The molecule has 0 radical (unpaired) electrons. The Kier molecular flexibility index (Phi) is 4.59. The van der Waals surface area contributed by atoms with Crippen molar-refractivity contribution in [2.45, 2.75) is 6.92 Å². The molecule has 0 fully saturated rings. The Labute approximate surface area is 139 Å². The summed E-state index contributed by atoms with van der Waals surface area (Å²) in [6, 6.07) is 17.1. The Morgan fingerprint density at radius 1 is 1.09 bits per heavy atom. The van der Waals surface area contributed by atoms with Crippen LogP contribution in [-0.2, 0) is 0 Å². The highest BCUT2D eigenvalue weighted by Gasteiger charge is 2.06. The summed E-state index contributed by atoms with van der Waals surface area (Å²) < 4.78 is 0. The Bertz CT molecular complexity index is 833. The smallest absolute Gasteiger partial charge is 0.182 e. The van der Waals surface area contributed by atoms with Crippen molar-refractivity contribution in [3.63, 3.8) is 0 Å². The van der Waals surface area contributed by atoms with E-state index >= 15 is 0 Å². The Morgan fingerprint density at radius 3 is 2.70 bits per heavy atom. The fraction of sp³-hybridized carbons (Fsp3) is 0.0588. The van der Waals surface area contributed by atoms with E-state index in [1.165, 1.54) is 0 Å². The topological polar surface area (TPSA) is 63.1 Å². The van der Waals surface area contributed by atoms with Crippen molar-refractivity contribution in [3.8, 4) is 11.4 Å². The van der Waals surface area contributed by atoms with Gasteiger partial charge in [0.2, 0.25) is 0 Å². The maximum absolute atomic E-state index is 5.95. The maximum Gasteiger partial charge on any atom is 0.182 e. The third-order valence-electron chi connectivity index (χ3n) is 3.14. The van der Waals surface area contributed by atoms with Gasteiger partial charge in [0.15, 0.2) is 5.82 Å². The molecular formula is C17H14ClN5. The number of benzene rings is 2. The predicted octanol–water partition coefficient (Wildman–Crippen LogP) is 4.03. The van der Waals surface area contributed by atoms with Crippen LogP contribution in [0.5, 0.6) is 0 Å². The largest absolute Gasteiger partial charge is 0.278 e. The van der Waals surface area contributed by atoms with Crippen molar-refractivity contribution >= 4 is 23.0 Å². The number of rotatable bonds is 4. The molecule has 114 valence electrons. The standard InChI is InChI=1S/C17H14ClN5/c1-12(21-22-15-9-5-8-14(18)10-15)16-11-19-23-17(20-16)13-6-3-2-4-7-13/h2-11,22H,1H3. The van der Waals surface area contributed by atoms with Gasteiger partial charge in [0.25, 0.3) is 0 Å². The molecule has 0 spiro atoms. The minimum Gasteiger partial charge on any atom is -0.278 e. The fourth-order valence-corrected chi connectivity index (χ4v) is 2.14. The van der Waals surface area contributed by atoms with E-state index in [1.54, 1.807) is 12.3 Å². The van der Waals surface area contributed by atoms with Crippen molar-refractivity contribution in [1.29, 1.82) is 0 Å². The summed E-state index contributed by atoms with van der Waals surface area (Å²) in [7, 11) is 0. The van der Waals surface area contributed by atoms with Crippen molar-refractivity contribution in [3.05, 3.63) is 71.5 Å². The molecular weight excluding hydrogens is 310 g/mol. The first-order chi connectivity index (χ1) is 11.2. The summed E-state index contributed by atoms with van der Waals surface area (Å²) in [6.07, 6.45) is 1.59. The molecule has 0 saturated carbocycles. The lowest BCUT2D eigenvalue weighted by atomic mass is 10.2. The molecule has 0 atom stereocenters. The van der Waals surface area contributed by atoms with E-state index < -0.39 is 0 Å². The van der Waals surface area contributed by atoms with Crippen molar-refractivity contribution in [2.24, 2.45) is 5.10 Å². The second-order valence-corrected chi connectivity index (χ2v) is 5.29. The van der Waals surface area contributed by atoms with Crippen LogP contribution in [0.15, 0.2) is 65.9 Å². The van der Waals surface area contributed by atoms with Crippen LogP contribution < -0.4 is 5.43 Å². The summed E-state index contributed by atoms with van der Waals surface area (Å²) in [5.41, 5.74) is 6.05.